The summed E-state index contributed by atoms with van der Waals surface area (Å²) >= 11 is 1.58. The molecule has 1 N–H and O–H groups in total. The quantitative estimate of drug-likeness (QED) is 0.783. The number of hydrogen-bond acceptors (Lipinski definition) is 5. The molecule has 1 unspecified atom stereocenters. The van der Waals surface area contributed by atoms with Crippen LogP contribution in [-0.4, -0.2) is 50.6 Å². The predicted molar refractivity (Wildman–Crippen MR) is 122 cm³/mol. The molecule has 2 aliphatic heterocycles. The standard InChI is InChI=1S/C22H27N3O3S2/c1-15-5-4-6-20(17(15)3)24-9-11-25(12-10-24)30(27,28)18-7-8-21-19(13-18)23-22(26)16(2)14-29-21/h4-8,13,16H,9-12,14H2,1-3H3,(H,23,26). The summed E-state index contributed by atoms with van der Waals surface area (Å²) in [5.74, 6) is 0.504. The van der Waals surface area contributed by atoms with Crippen LogP contribution in [0, 0.1) is 19.8 Å². The molecule has 30 heavy (non-hydrogen) atoms. The predicted octanol–water partition coefficient (Wildman–Crippen LogP) is 3.49. The Hall–Kier alpha value is -2.03. The lowest BCUT2D eigenvalue weighted by Gasteiger charge is -2.36. The van der Waals surface area contributed by atoms with Gasteiger partial charge in [0.05, 0.1) is 10.6 Å². The van der Waals surface area contributed by atoms with Crippen LogP contribution in [0.4, 0.5) is 11.4 Å². The second kappa shape index (κ2) is 8.24. The Balaban J connectivity index is 1.52. The number of carbonyl (C=O) groups is 1. The summed E-state index contributed by atoms with van der Waals surface area (Å²) in [6.45, 7) is 8.25. The molecule has 1 atom stereocenters. The molecule has 1 amide bonds. The van der Waals surface area contributed by atoms with Crippen molar-refractivity contribution < 1.29 is 13.2 Å². The first-order valence-electron chi connectivity index (χ1n) is 10.2. The van der Waals surface area contributed by atoms with Crippen molar-refractivity contribution in [2.24, 2.45) is 5.92 Å². The summed E-state index contributed by atoms with van der Waals surface area (Å²) in [4.78, 5) is 15.6. The highest BCUT2D eigenvalue weighted by atomic mass is 32.2. The summed E-state index contributed by atoms with van der Waals surface area (Å²) < 4.78 is 28.1. The third-order valence-electron chi connectivity index (χ3n) is 5.94. The zero-order chi connectivity index (χ0) is 21.5. The molecular formula is C22H27N3O3S2. The van der Waals surface area contributed by atoms with Crippen molar-refractivity contribution in [3.63, 3.8) is 0 Å². The largest absolute Gasteiger partial charge is 0.369 e. The number of nitrogens with one attached hydrogen (secondary N) is 1. The van der Waals surface area contributed by atoms with Crippen LogP contribution in [0.15, 0.2) is 46.2 Å². The molecule has 0 spiro atoms. The van der Waals surface area contributed by atoms with Crippen LogP contribution in [0.2, 0.25) is 0 Å². The monoisotopic (exact) mass is 445 g/mol. The molecule has 6 nitrogen and oxygen atoms in total. The maximum absolute atomic E-state index is 13.3. The molecule has 2 heterocycles. The third kappa shape index (κ3) is 3.96. The zero-order valence-corrected chi connectivity index (χ0v) is 19.1. The van der Waals surface area contributed by atoms with Crippen molar-refractivity contribution in [1.29, 1.82) is 0 Å². The summed E-state index contributed by atoms with van der Waals surface area (Å²) in [7, 11) is -3.62. The highest BCUT2D eigenvalue weighted by Crippen LogP contribution is 2.35. The van der Waals surface area contributed by atoms with E-state index in [0.717, 1.165) is 4.90 Å². The number of benzene rings is 2. The zero-order valence-electron chi connectivity index (χ0n) is 17.5. The summed E-state index contributed by atoms with van der Waals surface area (Å²) in [6, 6.07) is 11.3. The van der Waals surface area contributed by atoms with E-state index in [4.69, 9.17) is 0 Å². The van der Waals surface area contributed by atoms with E-state index in [1.807, 2.05) is 13.0 Å². The molecule has 0 saturated carbocycles. The molecule has 0 bridgehead atoms. The Morgan fingerprint density at radius 2 is 1.80 bits per heavy atom. The molecule has 8 heteroatoms. The molecule has 0 radical (unpaired) electrons. The lowest BCUT2D eigenvalue weighted by Crippen LogP contribution is -2.48. The van der Waals surface area contributed by atoms with E-state index in [-0.39, 0.29) is 16.7 Å². The topological polar surface area (TPSA) is 69.7 Å². The van der Waals surface area contributed by atoms with Crippen LogP contribution < -0.4 is 10.2 Å². The number of aryl methyl sites for hydroxylation is 1. The van der Waals surface area contributed by atoms with Crippen molar-refractivity contribution in [2.45, 2.75) is 30.6 Å². The van der Waals surface area contributed by atoms with Gasteiger partial charge < -0.3 is 10.2 Å². The normalized spacial score (nSPS) is 20.4. The maximum atomic E-state index is 13.3. The average Bonchev–Trinajstić information content (AvgIpc) is 2.88. The summed E-state index contributed by atoms with van der Waals surface area (Å²) in [6.07, 6.45) is 0. The van der Waals surface area contributed by atoms with Gasteiger partial charge in [-0.25, -0.2) is 8.42 Å². The number of thioether (sulfide) groups is 1. The lowest BCUT2D eigenvalue weighted by molar-refractivity contribution is -0.118. The highest BCUT2D eigenvalue weighted by molar-refractivity contribution is 7.99. The SMILES string of the molecule is Cc1cccc(N2CCN(S(=O)(=O)c3ccc4c(c3)NC(=O)C(C)CS4)CC2)c1C. The van der Waals surface area contributed by atoms with Crippen LogP contribution in [0.1, 0.15) is 18.1 Å². The minimum Gasteiger partial charge on any atom is -0.369 e. The van der Waals surface area contributed by atoms with Crippen molar-refractivity contribution in [1.82, 2.24) is 4.31 Å². The van der Waals surface area contributed by atoms with Gasteiger partial charge in [-0.3, -0.25) is 4.79 Å². The first-order valence-corrected chi connectivity index (χ1v) is 12.6. The van der Waals surface area contributed by atoms with E-state index in [0.29, 0.717) is 37.6 Å². The van der Waals surface area contributed by atoms with Gasteiger partial charge in [0, 0.05) is 48.4 Å². The van der Waals surface area contributed by atoms with Gasteiger partial charge in [-0.15, -0.1) is 11.8 Å². The van der Waals surface area contributed by atoms with Crippen LogP contribution >= 0.6 is 11.8 Å². The van der Waals surface area contributed by atoms with Gasteiger partial charge in [-0.2, -0.15) is 4.31 Å². The van der Waals surface area contributed by atoms with Gasteiger partial charge in [0.15, 0.2) is 0 Å². The second-order valence-corrected chi connectivity index (χ2v) is 11.0. The third-order valence-corrected chi connectivity index (χ3v) is 9.17. The maximum Gasteiger partial charge on any atom is 0.243 e. The van der Waals surface area contributed by atoms with Crippen molar-refractivity contribution in [2.75, 3.05) is 42.1 Å². The Morgan fingerprint density at radius 3 is 2.53 bits per heavy atom. The van der Waals surface area contributed by atoms with Crippen LogP contribution in [-0.2, 0) is 14.8 Å². The van der Waals surface area contributed by atoms with Gasteiger partial charge in [-0.1, -0.05) is 19.1 Å². The molecule has 2 aromatic rings. The number of carbonyl (C=O) groups excluding carboxylic acids is 1. The first kappa shape index (κ1) is 21.2. The van der Waals surface area contributed by atoms with Gasteiger partial charge >= 0.3 is 0 Å². The van der Waals surface area contributed by atoms with E-state index < -0.39 is 10.0 Å². The molecule has 2 aromatic carbocycles. The van der Waals surface area contributed by atoms with Crippen molar-refractivity contribution in [3.8, 4) is 0 Å². The number of fused-ring (bicyclic) bond motifs is 1. The molecule has 1 fully saturated rings. The first-order chi connectivity index (χ1) is 14.3. The Bertz CT molecular complexity index is 1080. The Labute approximate surface area is 182 Å². The van der Waals surface area contributed by atoms with E-state index >= 15 is 0 Å². The number of sulfonamides is 1. The Morgan fingerprint density at radius 1 is 1.07 bits per heavy atom. The fraction of sp³-hybridized carbons (Fsp3) is 0.409. The Kier molecular flexibility index (Phi) is 5.83. The van der Waals surface area contributed by atoms with Gasteiger partial charge in [0.2, 0.25) is 15.9 Å². The molecule has 2 aliphatic rings. The fourth-order valence-electron chi connectivity index (χ4n) is 3.84. The van der Waals surface area contributed by atoms with Crippen molar-refractivity contribution >= 4 is 39.1 Å². The van der Waals surface area contributed by atoms with E-state index in [9.17, 15) is 13.2 Å². The lowest BCUT2D eigenvalue weighted by atomic mass is 10.1. The smallest absolute Gasteiger partial charge is 0.243 e. The van der Waals surface area contributed by atoms with Gasteiger partial charge in [0.1, 0.15) is 0 Å². The molecule has 4 rings (SSSR count). The molecule has 160 valence electrons. The minimum atomic E-state index is -3.62. The number of hydrogen-bond donors (Lipinski definition) is 1. The number of amides is 1. The molecule has 0 aliphatic carbocycles. The number of piperazine rings is 1. The number of anilines is 2. The molecule has 0 aromatic heterocycles. The number of nitrogens with zero attached hydrogens (tertiary/aromatic N) is 2. The minimum absolute atomic E-state index is 0.0714. The highest BCUT2D eigenvalue weighted by Gasteiger charge is 2.30. The number of rotatable bonds is 3. The van der Waals surface area contributed by atoms with Crippen molar-refractivity contribution in [3.05, 3.63) is 47.5 Å². The summed E-state index contributed by atoms with van der Waals surface area (Å²) in [5, 5.41) is 2.88. The van der Waals surface area contributed by atoms with E-state index in [1.54, 1.807) is 34.3 Å². The fourth-order valence-corrected chi connectivity index (χ4v) is 6.30. The van der Waals surface area contributed by atoms with E-state index in [2.05, 4.69) is 36.2 Å². The van der Waals surface area contributed by atoms with Crippen LogP contribution in [0.3, 0.4) is 0 Å². The van der Waals surface area contributed by atoms with E-state index in [1.165, 1.54) is 16.8 Å². The van der Waals surface area contributed by atoms with Gasteiger partial charge in [-0.05, 0) is 49.2 Å². The average molecular weight is 446 g/mol. The summed E-state index contributed by atoms with van der Waals surface area (Å²) in [5.41, 5.74) is 4.24. The van der Waals surface area contributed by atoms with Gasteiger partial charge in [0.25, 0.3) is 0 Å². The van der Waals surface area contributed by atoms with Crippen LogP contribution in [0.25, 0.3) is 0 Å². The second-order valence-electron chi connectivity index (χ2n) is 7.97. The van der Waals surface area contributed by atoms with Crippen LogP contribution in [0.5, 0.6) is 0 Å². The molecular weight excluding hydrogens is 418 g/mol. The molecule has 1 saturated heterocycles.